The number of carboxylic acids is 2. The van der Waals surface area contributed by atoms with E-state index in [0.717, 1.165) is 26.2 Å². The topological polar surface area (TPSA) is 110 Å². The lowest BCUT2D eigenvalue weighted by atomic mass is 10.3. The second kappa shape index (κ2) is 9.93. The summed E-state index contributed by atoms with van der Waals surface area (Å²) in [5.74, 6) is -3.56. The van der Waals surface area contributed by atoms with Gasteiger partial charge in [0.1, 0.15) is 0 Å². The molecule has 1 aliphatic heterocycles. The van der Waals surface area contributed by atoms with Gasteiger partial charge < -0.3 is 20.4 Å². The number of nitrogens with zero attached hydrogens (tertiary/aromatic N) is 2. The van der Waals surface area contributed by atoms with E-state index in [9.17, 15) is 4.79 Å². The first-order valence-electron chi connectivity index (χ1n) is 6.11. The summed E-state index contributed by atoms with van der Waals surface area (Å²) in [6.07, 6.45) is 1.70. The highest BCUT2D eigenvalue weighted by molar-refractivity contribution is 6.27. The number of amides is 1. The third-order valence-corrected chi connectivity index (χ3v) is 2.59. The zero-order valence-corrected chi connectivity index (χ0v) is 11.5. The molecule has 1 amide bonds. The fourth-order valence-electron chi connectivity index (χ4n) is 1.45. The van der Waals surface area contributed by atoms with Crippen LogP contribution in [-0.2, 0) is 14.4 Å². The predicted molar refractivity (Wildman–Crippen MR) is 72.4 cm³/mol. The van der Waals surface area contributed by atoms with Crippen molar-refractivity contribution >= 4 is 17.8 Å². The number of nitrogens with one attached hydrogen (secondary N) is 1. The van der Waals surface area contributed by atoms with E-state index in [1.165, 1.54) is 0 Å². The number of rotatable bonds is 4. The first-order chi connectivity index (χ1) is 9.36. The van der Waals surface area contributed by atoms with Crippen LogP contribution < -0.4 is 5.32 Å². The van der Waals surface area contributed by atoms with E-state index in [1.54, 1.807) is 6.08 Å². The molecule has 1 heterocycles. The Balaban J connectivity index is 0.000000511. The molecule has 0 saturated carbocycles. The quantitative estimate of drug-likeness (QED) is 0.435. The molecule has 1 rings (SSSR count). The average molecular weight is 287 g/mol. The number of aliphatic carboxylic acids is 2. The molecule has 0 aromatic carbocycles. The monoisotopic (exact) mass is 287 g/mol. The Morgan fingerprint density at radius 1 is 1.15 bits per heavy atom. The maximum atomic E-state index is 11.3. The maximum absolute atomic E-state index is 11.3. The van der Waals surface area contributed by atoms with Crippen LogP contribution in [0.4, 0.5) is 0 Å². The molecular weight excluding hydrogens is 266 g/mol. The second-order valence-corrected chi connectivity index (χ2v) is 4.28. The summed E-state index contributed by atoms with van der Waals surface area (Å²) < 4.78 is 0. The van der Waals surface area contributed by atoms with Gasteiger partial charge in [0.25, 0.3) is 0 Å². The molecule has 0 radical (unpaired) electrons. The van der Waals surface area contributed by atoms with Crippen LogP contribution in [0.15, 0.2) is 12.7 Å². The third kappa shape index (κ3) is 9.06. The molecule has 0 unspecified atom stereocenters. The van der Waals surface area contributed by atoms with E-state index in [1.807, 2.05) is 0 Å². The Morgan fingerprint density at radius 2 is 1.65 bits per heavy atom. The average Bonchev–Trinajstić information content (AvgIpc) is 2.39. The highest BCUT2D eigenvalue weighted by Gasteiger charge is 2.15. The molecule has 0 aromatic rings. The minimum atomic E-state index is -1.82. The number of carbonyl (C=O) groups excluding carboxylic acids is 1. The van der Waals surface area contributed by atoms with E-state index < -0.39 is 11.9 Å². The lowest BCUT2D eigenvalue weighted by Crippen LogP contribution is -2.48. The van der Waals surface area contributed by atoms with Crippen LogP contribution in [0.5, 0.6) is 0 Å². The summed E-state index contributed by atoms with van der Waals surface area (Å²) >= 11 is 0. The number of likely N-dealkylation sites (N-methyl/N-ethyl adjacent to an activating group) is 1. The minimum Gasteiger partial charge on any atom is -0.473 e. The fraction of sp³-hybridized carbons (Fsp3) is 0.583. The van der Waals surface area contributed by atoms with Gasteiger partial charge in [-0.25, -0.2) is 9.59 Å². The van der Waals surface area contributed by atoms with Crippen LogP contribution in [0.3, 0.4) is 0 Å². The smallest absolute Gasteiger partial charge is 0.414 e. The molecule has 1 aliphatic rings. The van der Waals surface area contributed by atoms with E-state index in [2.05, 4.69) is 28.7 Å². The second-order valence-electron chi connectivity index (χ2n) is 4.28. The van der Waals surface area contributed by atoms with Crippen molar-refractivity contribution in [3.63, 3.8) is 0 Å². The van der Waals surface area contributed by atoms with Gasteiger partial charge >= 0.3 is 11.9 Å². The predicted octanol–water partition coefficient (Wildman–Crippen LogP) is -1.31. The van der Waals surface area contributed by atoms with Gasteiger partial charge in [-0.3, -0.25) is 9.69 Å². The normalized spacial score (nSPS) is 15.7. The van der Waals surface area contributed by atoms with Crippen molar-refractivity contribution in [2.45, 2.75) is 0 Å². The van der Waals surface area contributed by atoms with Crippen molar-refractivity contribution in [3.05, 3.63) is 12.7 Å². The van der Waals surface area contributed by atoms with Gasteiger partial charge in [-0.2, -0.15) is 0 Å². The Kier molecular flexibility index (Phi) is 8.97. The maximum Gasteiger partial charge on any atom is 0.414 e. The zero-order valence-electron chi connectivity index (χ0n) is 11.5. The summed E-state index contributed by atoms with van der Waals surface area (Å²) in [6, 6.07) is 0. The zero-order chi connectivity index (χ0) is 15.5. The van der Waals surface area contributed by atoms with E-state index in [0.29, 0.717) is 13.1 Å². The fourth-order valence-corrected chi connectivity index (χ4v) is 1.45. The van der Waals surface area contributed by atoms with E-state index in [4.69, 9.17) is 19.8 Å². The Labute approximate surface area is 117 Å². The van der Waals surface area contributed by atoms with Gasteiger partial charge in [-0.1, -0.05) is 6.08 Å². The Hall–Kier alpha value is -1.93. The summed E-state index contributed by atoms with van der Waals surface area (Å²) in [5.41, 5.74) is 0. The van der Waals surface area contributed by atoms with Gasteiger partial charge in [0, 0.05) is 32.7 Å². The van der Waals surface area contributed by atoms with Gasteiger partial charge in [0.2, 0.25) is 5.91 Å². The van der Waals surface area contributed by atoms with Crippen LogP contribution in [-0.4, -0.2) is 84.2 Å². The Bertz CT molecular complexity index is 339. The van der Waals surface area contributed by atoms with Crippen LogP contribution >= 0.6 is 0 Å². The van der Waals surface area contributed by atoms with Crippen molar-refractivity contribution in [1.29, 1.82) is 0 Å². The van der Waals surface area contributed by atoms with Crippen molar-refractivity contribution in [2.24, 2.45) is 0 Å². The van der Waals surface area contributed by atoms with Gasteiger partial charge in [-0.15, -0.1) is 6.58 Å². The summed E-state index contributed by atoms with van der Waals surface area (Å²) in [7, 11) is 2.11. The molecule has 0 aliphatic carbocycles. The van der Waals surface area contributed by atoms with Gasteiger partial charge in [0.15, 0.2) is 0 Å². The number of piperazine rings is 1. The summed E-state index contributed by atoms with van der Waals surface area (Å²) in [5, 5.41) is 17.6. The lowest BCUT2D eigenvalue weighted by molar-refractivity contribution is -0.159. The van der Waals surface area contributed by atoms with Crippen molar-refractivity contribution < 1.29 is 24.6 Å². The molecular formula is C12H21N3O5. The first-order valence-corrected chi connectivity index (χ1v) is 6.11. The number of hydrogen-bond donors (Lipinski definition) is 3. The SMILES string of the molecule is C=CCNC(=O)CN1CCN(C)CC1.O=C(O)C(=O)O. The van der Waals surface area contributed by atoms with Crippen LogP contribution in [0.2, 0.25) is 0 Å². The first kappa shape index (κ1) is 18.1. The minimum absolute atomic E-state index is 0.0921. The molecule has 0 bridgehead atoms. The number of carboxylic acid groups (broad SMARTS) is 2. The number of carbonyl (C=O) groups is 3. The van der Waals surface area contributed by atoms with Gasteiger partial charge in [0.05, 0.1) is 6.54 Å². The molecule has 114 valence electrons. The van der Waals surface area contributed by atoms with E-state index in [-0.39, 0.29) is 5.91 Å². The Morgan fingerprint density at radius 3 is 2.05 bits per heavy atom. The molecule has 8 heteroatoms. The van der Waals surface area contributed by atoms with Crippen LogP contribution in [0.25, 0.3) is 0 Å². The molecule has 0 atom stereocenters. The standard InChI is InChI=1S/C10H19N3O.C2H2O4/c1-3-4-11-10(14)9-13-7-5-12(2)6-8-13;3-1(4)2(5)6/h3H,1,4-9H2,2H3,(H,11,14);(H,3,4)(H,5,6). The largest absolute Gasteiger partial charge is 0.473 e. The highest BCUT2D eigenvalue weighted by Crippen LogP contribution is 1.97. The van der Waals surface area contributed by atoms with E-state index >= 15 is 0 Å². The molecule has 20 heavy (non-hydrogen) atoms. The molecule has 0 aromatic heterocycles. The van der Waals surface area contributed by atoms with Crippen molar-refractivity contribution in [2.75, 3.05) is 46.3 Å². The molecule has 8 nitrogen and oxygen atoms in total. The molecule has 3 N–H and O–H groups in total. The highest BCUT2D eigenvalue weighted by atomic mass is 16.4. The molecule has 1 saturated heterocycles. The van der Waals surface area contributed by atoms with Gasteiger partial charge in [-0.05, 0) is 7.05 Å². The third-order valence-electron chi connectivity index (χ3n) is 2.59. The van der Waals surface area contributed by atoms with Crippen molar-refractivity contribution in [3.8, 4) is 0 Å². The molecule has 0 spiro atoms. The number of hydrogen-bond acceptors (Lipinski definition) is 5. The lowest BCUT2D eigenvalue weighted by Gasteiger charge is -2.31. The van der Waals surface area contributed by atoms with Crippen LogP contribution in [0, 0.1) is 0 Å². The summed E-state index contributed by atoms with van der Waals surface area (Å²) in [6.45, 7) is 8.70. The van der Waals surface area contributed by atoms with Crippen LogP contribution in [0.1, 0.15) is 0 Å². The van der Waals surface area contributed by atoms with Crippen molar-refractivity contribution in [1.82, 2.24) is 15.1 Å². The molecule has 1 fully saturated rings. The summed E-state index contributed by atoms with van der Waals surface area (Å²) in [4.78, 5) is 34.0.